The van der Waals surface area contributed by atoms with Crippen molar-refractivity contribution < 1.29 is 4.79 Å². The van der Waals surface area contributed by atoms with Gasteiger partial charge in [0.05, 0.1) is 5.41 Å². The second-order valence-corrected chi connectivity index (χ2v) is 10.3. The van der Waals surface area contributed by atoms with E-state index in [2.05, 4.69) is 49.6 Å². The summed E-state index contributed by atoms with van der Waals surface area (Å²) in [6, 6.07) is 18.9. The molecule has 2 aromatic rings. The number of fused-ring (bicyclic) bond motifs is 1. The quantitative estimate of drug-likeness (QED) is 0.508. The summed E-state index contributed by atoms with van der Waals surface area (Å²) in [6.45, 7) is 10.6. The molecule has 2 heterocycles. The summed E-state index contributed by atoms with van der Waals surface area (Å²) in [5.74, 6) is 0.766. The summed E-state index contributed by atoms with van der Waals surface area (Å²) < 4.78 is 0. The molecule has 0 aromatic heterocycles. The van der Waals surface area contributed by atoms with Crippen LogP contribution in [0, 0.1) is 0 Å². The van der Waals surface area contributed by atoms with Crippen molar-refractivity contribution in [2.45, 2.75) is 76.9 Å². The fraction of sp³-hybridized carbons (Fsp3) is 0.500. The topological polar surface area (TPSA) is 35.9 Å². The van der Waals surface area contributed by atoms with Crippen LogP contribution in [0.1, 0.15) is 64.5 Å². The van der Waals surface area contributed by atoms with Gasteiger partial charge in [-0.2, -0.15) is 4.99 Å². The lowest BCUT2D eigenvalue weighted by atomic mass is 9.66. The highest BCUT2D eigenvalue weighted by Crippen LogP contribution is 2.46. The monoisotopic (exact) mass is 465 g/mol. The van der Waals surface area contributed by atoms with Crippen LogP contribution in [-0.2, 0) is 10.2 Å². The Morgan fingerprint density at radius 2 is 1.70 bits per heavy atom. The fourth-order valence-electron chi connectivity index (χ4n) is 5.86. The molecule has 0 spiro atoms. The molecule has 0 saturated carbocycles. The van der Waals surface area contributed by atoms with Crippen molar-refractivity contribution in [2.75, 3.05) is 13.1 Å². The van der Waals surface area contributed by atoms with E-state index in [1.807, 2.05) is 42.5 Å². The number of carbonyl (C=O) groups is 1. The van der Waals surface area contributed by atoms with Gasteiger partial charge in [0.15, 0.2) is 0 Å². The minimum absolute atomic E-state index is 0.0486. The number of rotatable bonds is 7. The fourth-order valence-corrected chi connectivity index (χ4v) is 6.17. The molecule has 5 heteroatoms. The number of amides is 1. The second-order valence-electron chi connectivity index (χ2n) is 9.94. The van der Waals surface area contributed by atoms with Crippen LogP contribution in [0.5, 0.6) is 0 Å². The lowest BCUT2D eigenvalue weighted by molar-refractivity contribution is -0.128. The van der Waals surface area contributed by atoms with Gasteiger partial charge in [0.25, 0.3) is 5.91 Å². The summed E-state index contributed by atoms with van der Waals surface area (Å²) in [5, 5.41) is 0.662. The molecule has 2 unspecified atom stereocenters. The molecule has 33 heavy (non-hydrogen) atoms. The number of nitrogens with zero attached hydrogens (tertiary/aromatic N) is 3. The molecule has 2 atom stereocenters. The average Bonchev–Trinajstić information content (AvgIpc) is 2.81. The Labute approximate surface area is 203 Å². The number of amidine groups is 1. The number of hydrogen-bond donors (Lipinski definition) is 0. The minimum atomic E-state index is -0.751. The molecular formula is C28H36ClN3O. The molecule has 2 aromatic carbocycles. The van der Waals surface area contributed by atoms with Gasteiger partial charge in [0.1, 0.15) is 5.84 Å². The van der Waals surface area contributed by atoms with Crippen LogP contribution in [0.15, 0.2) is 59.6 Å². The number of carbonyl (C=O) groups excluding carboxylic acids is 1. The summed E-state index contributed by atoms with van der Waals surface area (Å²) in [7, 11) is 0. The summed E-state index contributed by atoms with van der Waals surface area (Å²) in [4.78, 5) is 23.8. The molecule has 1 saturated heterocycles. The van der Waals surface area contributed by atoms with Gasteiger partial charge in [-0.05, 0) is 65.0 Å². The molecule has 176 valence electrons. The van der Waals surface area contributed by atoms with E-state index in [1.165, 1.54) is 0 Å². The molecule has 2 aliphatic rings. The van der Waals surface area contributed by atoms with E-state index in [-0.39, 0.29) is 11.9 Å². The minimum Gasteiger partial charge on any atom is -0.352 e. The van der Waals surface area contributed by atoms with E-state index in [0.29, 0.717) is 23.5 Å². The average molecular weight is 466 g/mol. The third-order valence-electron chi connectivity index (χ3n) is 7.41. The first-order valence-electron chi connectivity index (χ1n) is 12.3. The first-order chi connectivity index (χ1) is 15.9. The van der Waals surface area contributed by atoms with Crippen molar-refractivity contribution in [1.82, 2.24) is 9.80 Å². The molecule has 0 bridgehead atoms. The third kappa shape index (κ3) is 4.48. The van der Waals surface area contributed by atoms with Gasteiger partial charge in [-0.1, -0.05) is 60.1 Å². The molecule has 0 N–H and O–H groups in total. The van der Waals surface area contributed by atoms with Crippen LogP contribution in [0.2, 0.25) is 5.02 Å². The molecule has 0 aliphatic carbocycles. The smallest absolute Gasteiger partial charge is 0.260 e. The Hall–Kier alpha value is -2.17. The maximum Gasteiger partial charge on any atom is 0.260 e. The Morgan fingerprint density at radius 1 is 1.03 bits per heavy atom. The van der Waals surface area contributed by atoms with Gasteiger partial charge in [0.2, 0.25) is 0 Å². The third-order valence-corrected chi connectivity index (χ3v) is 7.74. The first-order valence-corrected chi connectivity index (χ1v) is 12.7. The summed E-state index contributed by atoms with van der Waals surface area (Å²) in [6.07, 6.45) is 3.89. The number of benzene rings is 2. The van der Waals surface area contributed by atoms with Gasteiger partial charge in [0, 0.05) is 41.8 Å². The van der Waals surface area contributed by atoms with Crippen molar-refractivity contribution in [1.29, 1.82) is 0 Å². The Balaban J connectivity index is 1.85. The second kappa shape index (κ2) is 9.99. The number of halogens is 1. The SMILES string of the molecule is CC(C)N(CCC1(c2ccccc2Cl)C(=O)N=C(c2ccccc2)N2CCCCC21)C(C)C. The van der Waals surface area contributed by atoms with E-state index in [9.17, 15) is 4.79 Å². The lowest BCUT2D eigenvalue weighted by Crippen LogP contribution is -2.62. The summed E-state index contributed by atoms with van der Waals surface area (Å²) in [5.41, 5.74) is 1.19. The molecule has 0 radical (unpaired) electrons. The van der Waals surface area contributed by atoms with E-state index < -0.39 is 5.41 Å². The molecule has 4 nitrogen and oxygen atoms in total. The van der Waals surface area contributed by atoms with Crippen LogP contribution in [0.25, 0.3) is 0 Å². The predicted octanol–water partition coefficient (Wildman–Crippen LogP) is 5.93. The highest BCUT2D eigenvalue weighted by molar-refractivity contribution is 6.32. The number of hydrogen-bond acceptors (Lipinski definition) is 3. The zero-order valence-corrected chi connectivity index (χ0v) is 21.1. The number of piperidine rings is 1. The normalized spacial score (nSPS) is 23.3. The maximum absolute atomic E-state index is 14.2. The maximum atomic E-state index is 14.2. The zero-order valence-electron chi connectivity index (χ0n) is 20.3. The van der Waals surface area contributed by atoms with Crippen molar-refractivity contribution in [3.8, 4) is 0 Å². The van der Waals surface area contributed by atoms with Gasteiger partial charge in [-0.25, -0.2) is 0 Å². The lowest BCUT2D eigenvalue weighted by Gasteiger charge is -2.52. The van der Waals surface area contributed by atoms with Crippen LogP contribution >= 0.6 is 11.6 Å². The van der Waals surface area contributed by atoms with Gasteiger partial charge in [-0.15, -0.1) is 0 Å². The van der Waals surface area contributed by atoms with E-state index in [0.717, 1.165) is 49.3 Å². The molecule has 2 aliphatic heterocycles. The van der Waals surface area contributed by atoms with Crippen LogP contribution in [0.4, 0.5) is 0 Å². The van der Waals surface area contributed by atoms with Crippen molar-refractivity contribution in [3.63, 3.8) is 0 Å². The largest absolute Gasteiger partial charge is 0.352 e. The van der Waals surface area contributed by atoms with Gasteiger partial charge >= 0.3 is 0 Å². The van der Waals surface area contributed by atoms with Gasteiger partial charge in [-0.3, -0.25) is 9.69 Å². The Kier molecular flexibility index (Phi) is 7.25. The first kappa shape index (κ1) is 24.0. The summed E-state index contributed by atoms with van der Waals surface area (Å²) >= 11 is 6.80. The van der Waals surface area contributed by atoms with Gasteiger partial charge < -0.3 is 4.90 Å². The molecule has 1 fully saturated rings. The Morgan fingerprint density at radius 3 is 2.36 bits per heavy atom. The van der Waals surface area contributed by atoms with Crippen LogP contribution < -0.4 is 0 Å². The molecule has 1 amide bonds. The number of aliphatic imine (C=N–C) groups is 1. The van der Waals surface area contributed by atoms with Crippen LogP contribution in [0.3, 0.4) is 0 Å². The highest BCUT2D eigenvalue weighted by atomic mass is 35.5. The van der Waals surface area contributed by atoms with E-state index in [4.69, 9.17) is 16.6 Å². The van der Waals surface area contributed by atoms with Crippen molar-refractivity contribution in [2.24, 2.45) is 4.99 Å². The van der Waals surface area contributed by atoms with Crippen molar-refractivity contribution >= 4 is 23.3 Å². The molecule has 4 rings (SSSR count). The van der Waals surface area contributed by atoms with Crippen LogP contribution in [-0.4, -0.2) is 52.8 Å². The standard InChI is InChI=1S/C28H36ClN3O/c1-20(2)31(21(3)4)19-17-28(23-14-8-9-15-24(23)29)25-16-10-11-18-32(25)26(30-27(28)33)22-12-6-5-7-13-22/h5-9,12-15,20-21,25H,10-11,16-19H2,1-4H3. The van der Waals surface area contributed by atoms with E-state index in [1.54, 1.807) is 0 Å². The predicted molar refractivity (Wildman–Crippen MR) is 137 cm³/mol. The highest BCUT2D eigenvalue weighted by Gasteiger charge is 2.54. The van der Waals surface area contributed by atoms with Crippen molar-refractivity contribution in [3.05, 3.63) is 70.7 Å². The Bertz CT molecular complexity index is 995. The zero-order chi connectivity index (χ0) is 23.6. The molecular weight excluding hydrogens is 430 g/mol. The van der Waals surface area contributed by atoms with E-state index >= 15 is 0 Å².